The van der Waals surface area contributed by atoms with Gasteiger partial charge in [-0.25, -0.2) is 15.0 Å². The van der Waals surface area contributed by atoms with E-state index >= 15 is 0 Å². The van der Waals surface area contributed by atoms with Gasteiger partial charge in [0.1, 0.15) is 11.6 Å². The van der Waals surface area contributed by atoms with Crippen molar-refractivity contribution in [1.29, 1.82) is 0 Å². The maximum Gasteiger partial charge on any atom is 0.125 e. The number of aryl methyl sites for hydroxylation is 1. The first kappa shape index (κ1) is 12.1. The van der Waals surface area contributed by atoms with Crippen molar-refractivity contribution in [2.75, 3.05) is 5.73 Å². The maximum atomic E-state index is 5.57. The maximum absolute atomic E-state index is 5.57. The number of aromatic nitrogens is 3. The van der Waals surface area contributed by atoms with E-state index in [4.69, 9.17) is 5.73 Å². The molecule has 0 spiro atoms. The van der Waals surface area contributed by atoms with Crippen molar-refractivity contribution in [2.24, 2.45) is 0 Å². The largest absolute Gasteiger partial charge is 0.384 e. The van der Waals surface area contributed by atoms with E-state index < -0.39 is 0 Å². The minimum absolute atomic E-state index is 0.503. The van der Waals surface area contributed by atoms with E-state index in [2.05, 4.69) is 15.0 Å². The standard InChI is InChI=1S/C10H10N4.C2H6/c1-7-12-5-8(6-13-7)9-3-2-4-10(11)14-9;1-2/h2-6H,1H3,(H2,11,14);1-2H3. The molecule has 2 rings (SSSR count). The molecule has 0 saturated heterocycles. The molecule has 2 aromatic rings. The Balaban J connectivity index is 0.000000606. The van der Waals surface area contributed by atoms with Crippen molar-refractivity contribution >= 4 is 5.82 Å². The number of nitrogen functional groups attached to an aromatic ring is 1. The number of hydrogen-bond acceptors (Lipinski definition) is 4. The van der Waals surface area contributed by atoms with E-state index in [0.29, 0.717) is 5.82 Å². The molecule has 0 radical (unpaired) electrons. The normalized spacial score (nSPS) is 9.19. The Morgan fingerprint density at radius 1 is 1.06 bits per heavy atom. The van der Waals surface area contributed by atoms with Crippen LogP contribution in [0.3, 0.4) is 0 Å². The SMILES string of the molecule is CC.Cc1ncc(-c2cccc(N)n2)cn1. The summed E-state index contributed by atoms with van der Waals surface area (Å²) in [7, 11) is 0. The highest BCUT2D eigenvalue weighted by Crippen LogP contribution is 2.15. The van der Waals surface area contributed by atoms with E-state index in [1.165, 1.54) is 0 Å². The van der Waals surface area contributed by atoms with Gasteiger partial charge >= 0.3 is 0 Å². The summed E-state index contributed by atoms with van der Waals surface area (Å²) in [5, 5.41) is 0. The lowest BCUT2D eigenvalue weighted by Crippen LogP contribution is -1.93. The van der Waals surface area contributed by atoms with Crippen LogP contribution in [0.1, 0.15) is 19.7 Å². The Morgan fingerprint density at radius 3 is 2.25 bits per heavy atom. The minimum atomic E-state index is 0.503. The first-order valence-corrected chi connectivity index (χ1v) is 5.27. The summed E-state index contributed by atoms with van der Waals surface area (Å²) in [5.74, 6) is 1.25. The summed E-state index contributed by atoms with van der Waals surface area (Å²) < 4.78 is 0. The Labute approximate surface area is 95.6 Å². The smallest absolute Gasteiger partial charge is 0.125 e. The van der Waals surface area contributed by atoms with Gasteiger partial charge in [0, 0.05) is 18.0 Å². The van der Waals surface area contributed by atoms with Crippen molar-refractivity contribution in [1.82, 2.24) is 15.0 Å². The van der Waals surface area contributed by atoms with Crippen molar-refractivity contribution < 1.29 is 0 Å². The molecular weight excluding hydrogens is 200 g/mol. The second kappa shape index (κ2) is 5.80. The van der Waals surface area contributed by atoms with Gasteiger partial charge in [-0.15, -0.1) is 0 Å². The summed E-state index contributed by atoms with van der Waals surface area (Å²) in [6, 6.07) is 5.49. The van der Waals surface area contributed by atoms with Crippen LogP contribution >= 0.6 is 0 Å². The molecule has 4 heteroatoms. The van der Waals surface area contributed by atoms with Crippen LogP contribution in [-0.4, -0.2) is 15.0 Å². The van der Waals surface area contributed by atoms with Gasteiger partial charge in [-0.2, -0.15) is 0 Å². The predicted molar refractivity (Wildman–Crippen MR) is 65.8 cm³/mol. The highest BCUT2D eigenvalue weighted by molar-refractivity contribution is 5.58. The molecule has 0 bridgehead atoms. The molecule has 0 unspecified atom stereocenters. The van der Waals surface area contributed by atoms with Gasteiger partial charge in [0.2, 0.25) is 0 Å². The minimum Gasteiger partial charge on any atom is -0.384 e. The highest BCUT2D eigenvalue weighted by atomic mass is 14.9. The molecule has 0 aliphatic rings. The van der Waals surface area contributed by atoms with E-state index in [1.807, 2.05) is 32.9 Å². The molecule has 4 nitrogen and oxygen atoms in total. The van der Waals surface area contributed by atoms with Crippen molar-refractivity contribution in [3.63, 3.8) is 0 Å². The summed E-state index contributed by atoms with van der Waals surface area (Å²) in [6.45, 7) is 5.84. The number of rotatable bonds is 1. The van der Waals surface area contributed by atoms with Crippen LogP contribution in [0.4, 0.5) is 5.82 Å². The molecule has 2 N–H and O–H groups in total. The fraction of sp³-hybridized carbons (Fsp3) is 0.250. The average molecular weight is 216 g/mol. The number of pyridine rings is 1. The molecule has 2 heterocycles. The third-order valence-corrected chi connectivity index (χ3v) is 1.85. The molecule has 0 aliphatic heterocycles. The summed E-state index contributed by atoms with van der Waals surface area (Å²) >= 11 is 0. The van der Waals surface area contributed by atoms with Gasteiger partial charge in [0.15, 0.2) is 0 Å². The summed E-state index contributed by atoms with van der Waals surface area (Å²) in [4.78, 5) is 12.4. The van der Waals surface area contributed by atoms with Crippen LogP contribution in [0, 0.1) is 6.92 Å². The predicted octanol–water partition coefficient (Wildman–Crippen LogP) is 2.46. The van der Waals surface area contributed by atoms with E-state index in [9.17, 15) is 0 Å². The van der Waals surface area contributed by atoms with Crippen LogP contribution in [0.25, 0.3) is 11.3 Å². The average Bonchev–Trinajstić information content (AvgIpc) is 2.32. The third-order valence-electron chi connectivity index (χ3n) is 1.85. The van der Waals surface area contributed by atoms with Gasteiger partial charge in [-0.05, 0) is 19.1 Å². The van der Waals surface area contributed by atoms with Crippen LogP contribution in [0.2, 0.25) is 0 Å². The molecule has 2 aromatic heterocycles. The number of nitrogens with zero attached hydrogens (tertiary/aromatic N) is 3. The lowest BCUT2D eigenvalue weighted by atomic mass is 10.2. The van der Waals surface area contributed by atoms with Crippen molar-refractivity contribution in [3.05, 3.63) is 36.4 Å². The summed E-state index contributed by atoms with van der Waals surface area (Å²) in [6.07, 6.45) is 3.48. The van der Waals surface area contributed by atoms with Gasteiger partial charge in [0.05, 0.1) is 5.69 Å². The quantitative estimate of drug-likeness (QED) is 0.795. The van der Waals surface area contributed by atoms with Crippen molar-refractivity contribution in [3.8, 4) is 11.3 Å². The van der Waals surface area contributed by atoms with Crippen LogP contribution in [0.15, 0.2) is 30.6 Å². The first-order valence-electron chi connectivity index (χ1n) is 5.27. The highest BCUT2D eigenvalue weighted by Gasteiger charge is 1.99. The fourth-order valence-electron chi connectivity index (χ4n) is 1.14. The number of nitrogens with two attached hydrogens (primary N) is 1. The molecule has 0 amide bonds. The molecule has 16 heavy (non-hydrogen) atoms. The Hall–Kier alpha value is -1.97. The van der Waals surface area contributed by atoms with Gasteiger partial charge < -0.3 is 5.73 Å². The number of hydrogen-bond donors (Lipinski definition) is 1. The molecule has 0 aromatic carbocycles. The topological polar surface area (TPSA) is 64.7 Å². The molecular formula is C12H16N4. The lowest BCUT2D eigenvalue weighted by molar-refractivity contribution is 1.05. The fourth-order valence-corrected chi connectivity index (χ4v) is 1.14. The van der Waals surface area contributed by atoms with E-state index in [-0.39, 0.29) is 0 Å². The monoisotopic (exact) mass is 216 g/mol. The Morgan fingerprint density at radius 2 is 1.69 bits per heavy atom. The van der Waals surface area contributed by atoms with Gasteiger partial charge in [-0.1, -0.05) is 19.9 Å². The second-order valence-electron chi connectivity index (χ2n) is 2.97. The van der Waals surface area contributed by atoms with Crippen LogP contribution in [0.5, 0.6) is 0 Å². The zero-order valence-corrected chi connectivity index (χ0v) is 9.81. The first-order chi connectivity index (χ1) is 7.75. The van der Waals surface area contributed by atoms with Gasteiger partial charge in [-0.3, -0.25) is 0 Å². The lowest BCUT2D eigenvalue weighted by Gasteiger charge is -2.00. The molecule has 0 fully saturated rings. The molecule has 0 atom stereocenters. The van der Waals surface area contributed by atoms with E-state index in [0.717, 1.165) is 17.1 Å². The second-order valence-corrected chi connectivity index (χ2v) is 2.97. The van der Waals surface area contributed by atoms with Crippen molar-refractivity contribution in [2.45, 2.75) is 20.8 Å². The molecule has 84 valence electrons. The molecule has 0 saturated carbocycles. The van der Waals surface area contributed by atoms with E-state index in [1.54, 1.807) is 18.5 Å². The Bertz CT molecular complexity index is 437. The third kappa shape index (κ3) is 3.02. The van der Waals surface area contributed by atoms with Crippen LogP contribution < -0.4 is 5.73 Å². The summed E-state index contributed by atoms with van der Waals surface area (Å²) in [5.41, 5.74) is 7.25. The zero-order valence-electron chi connectivity index (χ0n) is 9.81. The molecule has 0 aliphatic carbocycles. The number of anilines is 1. The van der Waals surface area contributed by atoms with Crippen LogP contribution in [-0.2, 0) is 0 Å². The van der Waals surface area contributed by atoms with Gasteiger partial charge in [0.25, 0.3) is 0 Å². The Kier molecular flexibility index (Phi) is 4.39. The zero-order chi connectivity index (χ0) is 12.0.